The van der Waals surface area contributed by atoms with E-state index < -0.39 is 17.4 Å². The van der Waals surface area contributed by atoms with Crippen molar-refractivity contribution in [1.29, 1.82) is 0 Å². The predicted molar refractivity (Wildman–Crippen MR) is 52.7 cm³/mol. The molecule has 0 fully saturated rings. The number of ether oxygens (including phenoxy) is 1. The molecule has 0 aromatic heterocycles. The summed E-state index contributed by atoms with van der Waals surface area (Å²) in [5, 5.41) is 0. The van der Waals surface area contributed by atoms with Crippen molar-refractivity contribution >= 4 is 11.9 Å². The van der Waals surface area contributed by atoms with Crippen LogP contribution in [0.25, 0.3) is 0 Å². The summed E-state index contributed by atoms with van der Waals surface area (Å²) in [6.45, 7) is 5.36. The molecule has 0 spiro atoms. The molecule has 0 saturated heterocycles. The maximum atomic E-state index is 11.4. The number of rotatable bonds is 3. The quantitative estimate of drug-likeness (QED) is 0.307. The van der Waals surface area contributed by atoms with Crippen LogP contribution in [0.1, 0.15) is 20.8 Å². The van der Waals surface area contributed by atoms with E-state index in [4.69, 9.17) is 0 Å². The van der Waals surface area contributed by atoms with Gasteiger partial charge >= 0.3 is 11.9 Å². The Labute approximate surface area is 88.9 Å². The first-order chi connectivity index (χ1) is 6.82. The lowest BCUT2D eigenvalue weighted by Crippen LogP contribution is -2.21. The fourth-order valence-corrected chi connectivity index (χ4v) is 0.916. The Bertz CT molecular complexity index is 272. The topological polar surface area (TPSA) is 61.8 Å². The van der Waals surface area contributed by atoms with Gasteiger partial charge in [0.25, 0.3) is 0 Å². The molecule has 86 valence electrons. The van der Waals surface area contributed by atoms with E-state index in [2.05, 4.69) is 14.5 Å². The van der Waals surface area contributed by atoms with Crippen molar-refractivity contribution in [2.45, 2.75) is 20.8 Å². The standard InChI is InChI=1S/C10H16O5/c1-10(2,3)7(9(12)13-4)6-8(11)15-14-5/h6H,1-5H3/b7-6+. The van der Waals surface area contributed by atoms with Crippen molar-refractivity contribution in [3.63, 3.8) is 0 Å². The van der Waals surface area contributed by atoms with Gasteiger partial charge in [0.2, 0.25) is 0 Å². The summed E-state index contributed by atoms with van der Waals surface area (Å²) >= 11 is 0. The summed E-state index contributed by atoms with van der Waals surface area (Å²) in [7, 11) is 2.46. The third kappa shape index (κ3) is 4.60. The fraction of sp³-hybridized carbons (Fsp3) is 0.600. The second kappa shape index (κ2) is 5.50. The van der Waals surface area contributed by atoms with E-state index in [-0.39, 0.29) is 5.57 Å². The molecule has 0 rings (SSSR count). The van der Waals surface area contributed by atoms with Gasteiger partial charge in [-0.15, -0.1) is 0 Å². The highest BCUT2D eigenvalue weighted by Gasteiger charge is 2.26. The third-order valence-corrected chi connectivity index (χ3v) is 1.64. The van der Waals surface area contributed by atoms with Crippen LogP contribution in [0.4, 0.5) is 0 Å². The van der Waals surface area contributed by atoms with E-state index >= 15 is 0 Å². The zero-order chi connectivity index (χ0) is 12.1. The SMILES string of the molecule is COOC(=O)/C=C(\C(=O)OC)C(C)(C)C. The summed E-state index contributed by atoms with van der Waals surface area (Å²) in [4.78, 5) is 30.9. The molecule has 0 aromatic rings. The third-order valence-electron chi connectivity index (χ3n) is 1.64. The minimum absolute atomic E-state index is 0.229. The van der Waals surface area contributed by atoms with Gasteiger partial charge in [-0.3, -0.25) is 4.89 Å². The van der Waals surface area contributed by atoms with Crippen molar-refractivity contribution in [3.8, 4) is 0 Å². The molecule has 15 heavy (non-hydrogen) atoms. The first-order valence-electron chi connectivity index (χ1n) is 4.38. The van der Waals surface area contributed by atoms with Crippen LogP contribution in [-0.2, 0) is 24.1 Å². The van der Waals surface area contributed by atoms with Crippen LogP contribution in [-0.4, -0.2) is 26.2 Å². The molecule has 0 amide bonds. The van der Waals surface area contributed by atoms with Gasteiger partial charge in [-0.1, -0.05) is 20.8 Å². The first-order valence-corrected chi connectivity index (χ1v) is 4.38. The monoisotopic (exact) mass is 216 g/mol. The Balaban J connectivity index is 4.95. The van der Waals surface area contributed by atoms with Crippen molar-refractivity contribution in [3.05, 3.63) is 11.6 Å². The predicted octanol–water partition coefficient (Wildman–Crippen LogP) is 1.24. The second-order valence-corrected chi connectivity index (χ2v) is 3.87. The van der Waals surface area contributed by atoms with Gasteiger partial charge in [-0.2, -0.15) is 4.89 Å². The summed E-state index contributed by atoms with van der Waals surface area (Å²) in [6.07, 6.45) is 1.06. The van der Waals surface area contributed by atoms with Crippen LogP contribution in [0.15, 0.2) is 11.6 Å². The molecule has 0 aromatic carbocycles. The lowest BCUT2D eigenvalue weighted by atomic mass is 9.86. The minimum atomic E-state index is -0.743. The summed E-state index contributed by atoms with van der Waals surface area (Å²) in [5.74, 6) is -1.30. The Kier molecular flexibility index (Phi) is 5.00. The summed E-state index contributed by atoms with van der Waals surface area (Å²) < 4.78 is 4.56. The minimum Gasteiger partial charge on any atom is -0.466 e. The smallest absolute Gasteiger partial charge is 0.366 e. The average molecular weight is 216 g/mol. The number of carbonyl (C=O) groups is 2. The zero-order valence-corrected chi connectivity index (χ0v) is 9.62. The molecule has 0 aliphatic rings. The van der Waals surface area contributed by atoms with Gasteiger partial charge in [0.05, 0.1) is 14.2 Å². The molecule has 5 heteroatoms. The molecule has 0 saturated carbocycles. The van der Waals surface area contributed by atoms with Gasteiger partial charge in [-0.05, 0) is 5.41 Å². The van der Waals surface area contributed by atoms with Crippen molar-refractivity contribution in [1.82, 2.24) is 0 Å². The molecule has 0 bridgehead atoms. The normalized spacial score (nSPS) is 12.2. The highest BCUT2D eigenvalue weighted by Crippen LogP contribution is 2.26. The van der Waals surface area contributed by atoms with Crippen LogP contribution >= 0.6 is 0 Å². The molecular formula is C10H16O5. The Morgan fingerprint density at radius 3 is 2.00 bits per heavy atom. The van der Waals surface area contributed by atoms with Gasteiger partial charge < -0.3 is 4.74 Å². The zero-order valence-electron chi connectivity index (χ0n) is 9.62. The van der Waals surface area contributed by atoms with E-state index in [0.717, 1.165) is 6.08 Å². The molecule has 5 nitrogen and oxygen atoms in total. The van der Waals surface area contributed by atoms with Crippen LogP contribution < -0.4 is 0 Å². The maximum absolute atomic E-state index is 11.4. The van der Waals surface area contributed by atoms with Crippen LogP contribution in [0.3, 0.4) is 0 Å². The van der Waals surface area contributed by atoms with E-state index in [1.54, 1.807) is 20.8 Å². The van der Waals surface area contributed by atoms with E-state index in [1.807, 2.05) is 0 Å². The number of esters is 1. The second-order valence-electron chi connectivity index (χ2n) is 3.87. The Hall–Kier alpha value is -1.36. The molecule has 0 atom stereocenters. The Morgan fingerprint density at radius 1 is 1.13 bits per heavy atom. The highest BCUT2D eigenvalue weighted by atomic mass is 17.2. The van der Waals surface area contributed by atoms with Gasteiger partial charge in [0.1, 0.15) is 0 Å². The lowest BCUT2D eigenvalue weighted by Gasteiger charge is -2.20. The Morgan fingerprint density at radius 2 is 1.67 bits per heavy atom. The molecule has 0 radical (unpaired) electrons. The first kappa shape index (κ1) is 13.6. The van der Waals surface area contributed by atoms with E-state index in [0.29, 0.717) is 0 Å². The van der Waals surface area contributed by atoms with E-state index in [9.17, 15) is 9.59 Å². The van der Waals surface area contributed by atoms with Crippen LogP contribution in [0, 0.1) is 5.41 Å². The molecule has 0 heterocycles. The molecule has 0 unspecified atom stereocenters. The molecule has 0 N–H and O–H groups in total. The van der Waals surface area contributed by atoms with Crippen LogP contribution in [0.5, 0.6) is 0 Å². The number of carbonyl (C=O) groups excluding carboxylic acids is 2. The highest BCUT2D eigenvalue weighted by molar-refractivity contribution is 5.97. The maximum Gasteiger partial charge on any atom is 0.366 e. The summed E-state index contributed by atoms with van der Waals surface area (Å²) in [5.41, 5.74) is -0.271. The van der Waals surface area contributed by atoms with E-state index in [1.165, 1.54) is 14.2 Å². The van der Waals surface area contributed by atoms with Gasteiger partial charge in [0.15, 0.2) is 0 Å². The van der Waals surface area contributed by atoms with Gasteiger partial charge in [0, 0.05) is 11.6 Å². The molecular weight excluding hydrogens is 200 g/mol. The number of hydrogen-bond donors (Lipinski definition) is 0. The van der Waals surface area contributed by atoms with Crippen molar-refractivity contribution < 1.29 is 24.1 Å². The molecule has 0 aliphatic heterocycles. The fourth-order valence-electron chi connectivity index (χ4n) is 0.916. The average Bonchev–Trinajstić information content (AvgIpc) is 2.12. The lowest BCUT2D eigenvalue weighted by molar-refractivity contribution is -0.249. The number of hydrogen-bond acceptors (Lipinski definition) is 5. The van der Waals surface area contributed by atoms with Crippen molar-refractivity contribution in [2.24, 2.45) is 5.41 Å². The van der Waals surface area contributed by atoms with Crippen LogP contribution in [0.2, 0.25) is 0 Å². The molecule has 0 aliphatic carbocycles. The largest absolute Gasteiger partial charge is 0.466 e. The van der Waals surface area contributed by atoms with Gasteiger partial charge in [-0.25, -0.2) is 9.59 Å². The number of methoxy groups -OCH3 is 1. The summed E-state index contributed by atoms with van der Waals surface area (Å²) in [6, 6.07) is 0. The van der Waals surface area contributed by atoms with Crippen molar-refractivity contribution in [2.75, 3.05) is 14.2 Å².